The van der Waals surface area contributed by atoms with Crippen LogP contribution < -0.4 is 5.32 Å². The van der Waals surface area contributed by atoms with Crippen molar-refractivity contribution in [3.63, 3.8) is 0 Å². The molecule has 5 heteroatoms. The van der Waals surface area contributed by atoms with Crippen molar-refractivity contribution in [2.75, 3.05) is 13.1 Å². The maximum Gasteiger partial charge on any atom is 0.222 e. The maximum absolute atomic E-state index is 11.5. The molecule has 0 spiro atoms. The molecule has 0 saturated carbocycles. The molecule has 0 aromatic carbocycles. The highest BCUT2D eigenvalue weighted by atomic mass is 79.9. The highest BCUT2D eigenvalue weighted by Crippen LogP contribution is 2.22. The Morgan fingerprint density at radius 3 is 3.18 bits per heavy atom. The zero-order valence-corrected chi connectivity index (χ0v) is 12.3. The first-order chi connectivity index (χ1) is 8.20. The van der Waals surface area contributed by atoms with Crippen molar-refractivity contribution in [1.29, 1.82) is 0 Å². The molecule has 1 amide bonds. The van der Waals surface area contributed by atoms with E-state index in [2.05, 4.69) is 32.7 Å². The van der Waals surface area contributed by atoms with Crippen molar-refractivity contribution in [1.82, 2.24) is 10.2 Å². The number of hydrogen-bond acceptors (Lipinski definition) is 3. The van der Waals surface area contributed by atoms with Crippen LogP contribution >= 0.6 is 27.3 Å². The summed E-state index contributed by atoms with van der Waals surface area (Å²) in [5.41, 5.74) is 0. The Kier molecular flexibility index (Phi) is 4.59. The summed E-state index contributed by atoms with van der Waals surface area (Å²) in [7, 11) is 0. The molecule has 17 heavy (non-hydrogen) atoms. The summed E-state index contributed by atoms with van der Waals surface area (Å²) in [5, 5.41) is 5.61. The molecule has 1 aliphatic heterocycles. The van der Waals surface area contributed by atoms with E-state index in [9.17, 15) is 4.79 Å². The smallest absolute Gasteiger partial charge is 0.222 e. The third-order valence-corrected chi connectivity index (χ3v) is 5.01. The van der Waals surface area contributed by atoms with Gasteiger partial charge in [-0.2, -0.15) is 0 Å². The summed E-state index contributed by atoms with van der Waals surface area (Å²) in [4.78, 5) is 14.8. The molecular weight excluding hydrogens is 300 g/mol. The molecule has 0 unspecified atom stereocenters. The minimum absolute atomic E-state index is 0.270. The summed E-state index contributed by atoms with van der Waals surface area (Å²) in [6.07, 6.45) is 1.68. The quantitative estimate of drug-likeness (QED) is 0.926. The van der Waals surface area contributed by atoms with E-state index in [-0.39, 0.29) is 5.91 Å². The van der Waals surface area contributed by atoms with Crippen LogP contribution in [-0.4, -0.2) is 29.9 Å². The number of nitrogens with zero attached hydrogens (tertiary/aromatic N) is 1. The highest BCUT2D eigenvalue weighted by molar-refractivity contribution is 9.10. The van der Waals surface area contributed by atoms with E-state index >= 15 is 0 Å². The van der Waals surface area contributed by atoms with Gasteiger partial charge in [-0.1, -0.05) is 6.92 Å². The van der Waals surface area contributed by atoms with E-state index in [1.165, 1.54) is 9.35 Å². The van der Waals surface area contributed by atoms with Gasteiger partial charge in [0.05, 0.1) is 0 Å². The van der Waals surface area contributed by atoms with E-state index in [1.54, 1.807) is 11.3 Å². The number of carbonyl (C=O) groups is 1. The minimum atomic E-state index is 0.270. The zero-order chi connectivity index (χ0) is 12.3. The van der Waals surface area contributed by atoms with Crippen LogP contribution in [-0.2, 0) is 11.3 Å². The maximum atomic E-state index is 11.5. The molecule has 0 radical (unpaired) electrons. The van der Waals surface area contributed by atoms with Crippen LogP contribution in [0.15, 0.2) is 15.9 Å². The van der Waals surface area contributed by atoms with Gasteiger partial charge in [0.25, 0.3) is 0 Å². The van der Waals surface area contributed by atoms with E-state index in [0.29, 0.717) is 12.5 Å². The van der Waals surface area contributed by atoms with E-state index in [1.807, 2.05) is 11.8 Å². The van der Waals surface area contributed by atoms with Crippen LogP contribution in [0.3, 0.4) is 0 Å². The second-order valence-corrected chi connectivity index (χ2v) is 6.11. The minimum Gasteiger partial charge on any atom is -0.341 e. The van der Waals surface area contributed by atoms with Crippen LogP contribution in [0.4, 0.5) is 0 Å². The summed E-state index contributed by atoms with van der Waals surface area (Å²) in [6, 6.07) is 2.52. The van der Waals surface area contributed by atoms with Crippen LogP contribution in [0.5, 0.6) is 0 Å². The third-order valence-electron chi connectivity index (χ3n) is 3.09. The average Bonchev–Trinajstić information content (AvgIpc) is 2.94. The van der Waals surface area contributed by atoms with E-state index < -0.39 is 0 Å². The molecule has 0 aliphatic carbocycles. The van der Waals surface area contributed by atoms with Gasteiger partial charge in [-0.25, -0.2) is 0 Å². The Morgan fingerprint density at radius 1 is 1.71 bits per heavy atom. The first-order valence-corrected chi connectivity index (χ1v) is 7.61. The summed E-state index contributed by atoms with van der Waals surface area (Å²) < 4.78 is 1.18. The monoisotopic (exact) mass is 316 g/mol. The topological polar surface area (TPSA) is 32.3 Å². The lowest BCUT2D eigenvalue weighted by Gasteiger charge is -2.16. The van der Waals surface area contributed by atoms with Crippen LogP contribution in [0, 0.1) is 0 Å². The van der Waals surface area contributed by atoms with Gasteiger partial charge in [0.2, 0.25) is 5.91 Å². The molecular formula is C12H17BrN2OS. The number of thiophene rings is 1. The first-order valence-electron chi connectivity index (χ1n) is 5.93. The fourth-order valence-electron chi connectivity index (χ4n) is 2.07. The third kappa shape index (κ3) is 3.30. The van der Waals surface area contributed by atoms with E-state index in [4.69, 9.17) is 0 Å². The molecule has 1 fully saturated rings. The number of likely N-dealkylation sites (tertiary alicyclic amines) is 1. The van der Waals surface area contributed by atoms with Gasteiger partial charge >= 0.3 is 0 Å². The van der Waals surface area contributed by atoms with Crippen LogP contribution in [0.2, 0.25) is 0 Å². The highest BCUT2D eigenvalue weighted by Gasteiger charge is 2.24. The molecule has 1 atom stereocenters. The zero-order valence-electron chi connectivity index (χ0n) is 9.91. The number of nitrogens with one attached hydrogen (secondary N) is 1. The lowest BCUT2D eigenvalue weighted by Crippen LogP contribution is -2.34. The number of amides is 1. The molecule has 1 aliphatic rings. The van der Waals surface area contributed by atoms with Crippen molar-refractivity contribution in [3.8, 4) is 0 Å². The number of hydrogen-bond donors (Lipinski definition) is 1. The van der Waals surface area contributed by atoms with Crippen molar-refractivity contribution < 1.29 is 4.79 Å². The predicted octanol–water partition coefficient (Wildman–Crippen LogP) is 2.61. The average molecular weight is 317 g/mol. The van der Waals surface area contributed by atoms with Gasteiger partial charge in [-0.05, 0) is 33.8 Å². The second-order valence-electron chi connectivity index (χ2n) is 4.25. The van der Waals surface area contributed by atoms with Gasteiger partial charge < -0.3 is 10.2 Å². The molecule has 94 valence electrons. The largest absolute Gasteiger partial charge is 0.341 e. The Bertz CT molecular complexity index is 394. The fraction of sp³-hybridized carbons (Fsp3) is 0.583. The van der Waals surface area contributed by atoms with Gasteiger partial charge in [-0.3, -0.25) is 4.79 Å². The predicted molar refractivity (Wildman–Crippen MR) is 74.1 cm³/mol. The molecule has 1 aromatic rings. The Hall–Kier alpha value is -0.390. The van der Waals surface area contributed by atoms with Gasteiger partial charge in [-0.15, -0.1) is 11.3 Å². The molecule has 3 nitrogen and oxygen atoms in total. The molecule has 2 heterocycles. The fourth-order valence-corrected chi connectivity index (χ4v) is 3.51. The van der Waals surface area contributed by atoms with Crippen molar-refractivity contribution in [2.45, 2.75) is 32.4 Å². The molecule has 1 N–H and O–H groups in total. The number of halogens is 1. The standard InChI is InChI=1S/C12H17BrN2OS/c1-2-12(16)15-5-3-9(8-15)14-7-11-10(13)4-6-17-11/h4,6,9,14H,2-3,5,7-8H2,1H3/t9-/m0/s1. The summed E-state index contributed by atoms with van der Waals surface area (Å²) in [6.45, 7) is 4.56. The van der Waals surface area contributed by atoms with Crippen LogP contribution in [0.25, 0.3) is 0 Å². The Morgan fingerprint density at radius 2 is 2.53 bits per heavy atom. The second kappa shape index (κ2) is 5.98. The molecule has 0 bridgehead atoms. The Labute approximate surface area is 114 Å². The van der Waals surface area contributed by atoms with Crippen molar-refractivity contribution >= 4 is 33.2 Å². The number of carbonyl (C=O) groups excluding carboxylic acids is 1. The van der Waals surface area contributed by atoms with Crippen molar-refractivity contribution in [2.24, 2.45) is 0 Å². The van der Waals surface area contributed by atoms with Gasteiger partial charge in [0.15, 0.2) is 0 Å². The van der Waals surface area contributed by atoms with Gasteiger partial charge in [0.1, 0.15) is 0 Å². The number of rotatable bonds is 4. The molecule has 2 rings (SSSR count). The summed E-state index contributed by atoms with van der Waals surface area (Å²) >= 11 is 5.28. The van der Waals surface area contributed by atoms with Crippen LogP contribution in [0.1, 0.15) is 24.6 Å². The first kappa shape index (κ1) is 13.1. The molecule has 1 saturated heterocycles. The SMILES string of the molecule is CCC(=O)N1CC[C@H](NCc2sccc2Br)C1. The normalized spacial score (nSPS) is 19.9. The lowest BCUT2D eigenvalue weighted by atomic mass is 10.2. The Balaban J connectivity index is 1.79. The molecule has 1 aromatic heterocycles. The lowest BCUT2D eigenvalue weighted by molar-refractivity contribution is -0.129. The van der Waals surface area contributed by atoms with Gasteiger partial charge in [0, 0.05) is 41.4 Å². The van der Waals surface area contributed by atoms with E-state index in [0.717, 1.165) is 26.1 Å². The summed E-state index contributed by atoms with van der Waals surface area (Å²) in [5.74, 6) is 0.270. The van der Waals surface area contributed by atoms with Crippen molar-refractivity contribution in [3.05, 3.63) is 20.8 Å².